The molecule has 2 aromatic heterocycles. The van der Waals surface area contributed by atoms with Gasteiger partial charge in [-0.25, -0.2) is 4.98 Å². The first kappa shape index (κ1) is 17.9. The van der Waals surface area contributed by atoms with E-state index in [9.17, 15) is 4.79 Å². The normalized spacial score (nSPS) is 22.1. The second kappa shape index (κ2) is 7.56. The average Bonchev–Trinajstić information content (AvgIpc) is 3.00. The summed E-state index contributed by atoms with van der Waals surface area (Å²) in [5.74, 6) is -0.0219. The van der Waals surface area contributed by atoms with Gasteiger partial charge in [0, 0.05) is 23.6 Å². The zero-order valence-electron chi connectivity index (χ0n) is 15.7. The fourth-order valence-electron chi connectivity index (χ4n) is 3.60. The summed E-state index contributed by atoms with van der Waals surface area (Å²) >= 11 is 0. The van der Waals surface area contributed by atoms with E-state index in [4.69, 9.17) is 4.74 Å². The summed E-state index contributed by atoms with van der Waals surface area (Å²) in [7, 11) is 0. The maximum absolute atomic E-state index is 12.7. The van der Waals surface area contributed by atoms with Gasteiger partial charge in [0.1, 0.15) is 5.65 Å². The van der Waals surface area contributed by atoms with Crippen molar-refractivity contribution in [1.29, 1.82) is 0 Å². The number of aryl methyl sites for hydroxylation is 2. The van der Waals surface area contributed by atoms with Crippen LogP contribution < -0.4 is 5.32 Å². The quantitative estimate of drug-likeness (QED) is 0.898. The Labute approximate surface area is 149 Å². The molecule has 0 bridgehead atoms. The minimum absolute atomic E-state index is 0.0219. The van der Waals surface area contributed by atoms with E-state index >= 15 is 0 Å². The number of hydrogen-bond acceptors (Lipinski definition) is 3. The largest absolute Gasteiger partial charge is 0.375 e. The van der Waals surface area contributed by atoms with Crippen molar-refractivity contribution in [3.63, 3.8) is 0 Å². The number of nitrogens with one attached hydrogen (secondary N) is 1. The van der Waals surface area contributed by atoms with Crippen molar-refractivity contribution in [2.45, 2.75) is 78.0 Å². The van der Waals surface area contributed by atoms with E-state index in [1.165, 1.54) is 0 Å². The number of hydrogen-bond donors (Lipinski definition) is 1. The Kier molecular flexibility index (Phi) is 5.42. The van der Waals surface area contributed by atoms with E-state index in [-0.39, 0.29) is 11.9 Å². The van der Waals surface area contributed by atoms with Gasteiger partial charge in [-0.3, -0.25) is 4.79 Å². The fourth-order valence-corrected chi connectivity index (χ4v) is 3.60. The Morgan fingerprint density at radius 2 is 2.08 bits per heavy atom. The molecule has 25 heavy (non-hydrogen) atoms. The number of nitrogens with zero attached hydrogens (tertiary/aromatic N) is 2. The van der Waals surface area contributed by atoms with Crippen molar-refractivity contribution >= 4 is 11.6 Å². The fraction of sp³-hybridized carbons (Fsp3) is 0.600. The third-order valence-electron chi connectivity index (χ3n) is 5.19. The van der Waals surface area contributed by atoms with Crippen LogP contribution in [0.3, 0.4) is 0 Å². The lowest BCUT2D eigenvalue weighted by atomic mass is 9.92. The topological polar surface area (TPSA) is 55.6 Å². The summed E-state index contributed by atoms with van der Waals surface area (Å²) in [5, 5.41) is 3.19. The van der Waals surface area contributed by atoms with Crippen LogP contribution >= 0.6 is 0 Å². The lowest BCUT2D eigenvalue weighted by Crippen LogP contribution is -2.39. The molecule has 5 heteroatoms. The van der Waals surface area contributed by atoms with Gasteiger partial charge in [0.05, 0.1) is 17.8 Å². The molecular formula is C20H29N3O2. The second-order valence-corrected chi connectivity index (χ2v) is 7.26. The molecule has 1 N–H and O–H groups in total. The van der Waals surface area contributed by atoms with E-state index < -0.39 is 0 Å². The lowest BCUT2D eigenvalue weighted by Gasteiger charge is -2.30. The van der Waals surface area contributed by atoms with E-state index in [0.717, 1.165) is 49.1 Å². The number of aromatic nitrogens is 2. The maximum atomic E-state index is 12.7. The second-order valence-electron chi connectivity index (χ2n) is 7.26. The molecule has 3 rings (SSSR count). The number of carbonyl (C=O) groups excluding carboxylic acids is 1. The van der Waals surface area contributed by atoms with E-state index in [1.54, 1.807) is 0 Å². The van der Waals surface area contributed by atoms with Crippen LogP contribution in [0.25, 0.3) is 5.65 Å². The van der Waals surface area contributed by atoms with Crippen LogP contribution in [0, 0.1) is 13.8 Å². The molecule has 1 aliphatic rings. The van der Waals surface area contributed by atoms with Crippen molar-refractivity contribution in [2.75, 3.05) is 0 Å². The zero-order chi connectivity index (χ0) is 18.0. The van der Waals surface area contributed by atoms with Crippen LogP contribution in [-0.2, 0) is 4.74 Å². The molecule has 0 radical (unpaired) electrons. The molecule has 1 saturated carbocycles. The number of carbonyl (C=O) groups is 1. The van der Waals surface area contributed by atoms with Crippen molar-refractivity contribution in [2.24, 2.45) is 0 Å². The Bertz CT molecular complexity index is 745. The molecule has 0 aromatic carbocycles. The molecule has 2 aromatic rings. The monoisotopic (exact) mass is 343 g/mol. The lowest BCUT2D eigenvalue weighted by molar-refractivity contribution is -0.0257. The predicted molar refractivity (Wildman–Crippen MR) is 99.0 cm³/mol. The summed E-state index contributed by atoms with van der Waals surface area (Å²) in [5.41, 5.74) is 3.42. The average molecular weight is 343 g/mol. The Hall–Kier alpha value is -1.88. The smallest absolute Gasteiger partial charge is 0.255 e. The van der Waals surface area contributed by atoms with Gasteiger partial charge in [0.25, 0.3) is 5.91 Å². The van der Waals surface area contributed by atoms with Crippen molar-refractivity contribution in [1.82, 2.24) is 14.7 Å². The number of rotatable bonds is 5. The Morgan fingerprint density at radius 1 is 1.36 bits per heavy atom. The van der Waals surface area contributed by atoms with Crippen molar-refractivity contribution in [3.05, 3.63) is 35.3 Å². The highest BCUT2D eigenvalue weighted by Crippen LogP contribution is 2.23. The predicted octanol–water partition coefficient (Wildman–Crippen LogP) is 3.81. The molecule has 0 spiro atoms. The van der Waals surface area contributed by atoms with Crippen LogP contribution in [0.4, 0.5) is 0 Å². The molecular weight excluding hydrogens is 314 g/mol. The van der Waals surface area contributed by atoms with Gasteiger partial charge in [0.2, 0.25) is 0 Å². The van der Waals surface area contributed by atoms with E-state index in [0.29, 0.717) is 17.8 Å². The molecule has 5 nitrogen and oxygen atoms in total. The Morgan fingerprint density at radius 3 is 2.76 bits per heavy atom. The van der Waals surface area contributed by atoms with Crippen LogP contribution in [-0.4, -0.2) is 33.5 Å². The minimum atomic E-state index is -0.0219. The first-order valence-electron chi connectivity index (χ1n) is 9.39. The molecule has 136 valence electrons. The van der Waals surface area contributed by atoms with E-state index in [1.807, 2.05) is 36.6 Å². The van der Waals surface area contributed by atoms with Crippen LogP contribution in [0.5, 0.6) is 0 Å². The molecule has 0 aliphatic heterocycles. The molecule has 1 fully saturated rings. The molecule has 1 atom stereocenters. The third kappa shape index (κ3) is 4.03. The minimum Gasteiger partial charge on any atom is -0.375 e. The van der Waals surface area contributed by atoms with Gasteiger partial charge >= 0.3 is 0 Å². The van der Waals surface area contributed by atoms with E-state index in [2.05, 4.69) is 24.1 Å². The van der Waals surface area contributed by atoms with Crippen LogP contribution in [0.1, 0.15) is 67.7 Å². The van der Waals surface area contributed by atoms with Gasteiger partial charge < -0.3 is 14.5 Å². The number of amides is 1. The van der Waals surface area contributed by atoms with Crippen molar-refractivity contribution in [3.8, 4) is 0 Å². The standard InChI is InChI=1S/C20H29N3O2/c1-5-15(4)25-17-8-6-16(7-9-17)22-20(24)18-10-11-23-14(3)12-13(2)21-19(18)23/h10-12,15-17H,5-9H2,1-4H3,(H,22,24). The third-order valence-corrected chi connectivity index (χ3v) is 5.19. The van der Waals surface area contributed by atoms with Gasteiger partial charge in [0.15, 0.2) is 0 Å². The number of fused-ring (bicyclic) bond motifs is 1. The van der Waals surface area contributed by atoms with Gasteiger partial charge in [-0.05, 0) is 65.0 Å². The highest BCUT2D eigenvalue weighted by atomic mass is 16.5. The van der Waals surface area contributed by atoms with Gasteiger partial charge in [-0.15, -0.1) is 0 Å². The van der Waals surface area contributed by atoms with Crippen LogP contribution in [0.2, 0.25) is 0 Å². The molecule has 1 aliphatic carbocycles. The maximum Gasteiger partial charge on any atom is 0.255 e. The summed E-state index contributed by atoms with van der Waals surface area (Å²) in [6.07, 6.45) is 7.61. The summed E-state index contributed by atoms with van der Waals surface area (Å²) in [4.78, 5) is 17.3. The van der Waals surface area contributed by atoms with Crippen LogP contribution in [0.15, 0.2) is 18.3 Å². The zero-order valence-corrected chi connectivity index (χ0v) is 15.7. The van der Waals surface area contributed by atoms with Gasteiger partial charge in [-0.1, -0.05) is 6.92 Å². The first-order valence-corrected chi connectivity index (χ1v) is 9.39. The summed E-state index contributed by atoms with van der Waals surface area (Å²) in [6.45, 7) is 8.27. The molecule has 1 amide bonds. The number of ether oxygens (including phenoxy) is 1. The Balaban J connectivity index is 1.62. The highest BCUT2D eigenvalue weighted by molar-refractivity contribution is 6.00. The molecule has 1 unspecified atom stereocenters. The van der Waals surface area contributed by atoms with Gasteiger partial charge in [-0.2, -0.15) is 0 Å². The molecule has 2 heterocycles. The first-order chi connectivity index (χ1) is 12.0. The summed E-state index contributed by atoms with van der Waals surface area (Å²) in [6, 6.07) is 4.11. The summed E-state index contributed by atoms with van der Waals surface area (Å²) < 4.78 is 7.99. The SMILES string of the molecule is CCC(C)OC1CCC(NC(=O)c2ccn3c(C)cc(C)nc23)CC1. The highest BCUT2D eigenvalue weighted by Gasteiger charge is 2.25. The van der Waals surface area contributed by atoms with Crippen molar-refractivity contribution < 1.29 is 9.53 Å². The molecule has 0 saturated heterocycles.